The van der Waals surface area contributed by atoms with Crippen LogP contribution >= 0.6 is 11.6 Å². The van der Waals surface area contributed by atoms with Gasteiger partial charge in [-0.1, -0.05) is 24.9 Å². The molecule has 1 amide bonds. The number of carbonyl (C=O) groups is 1. The fourth-order valence-corrected chi connectivity index (χ4v) is 2.68. The fourth-order valence-electron chi connectivity index (χ4n) is 2.50. The molecule has 4 nitrogen and oxygen atoms in total. The van der Waals surface area contributed by atoms with E-state index in [4.69, 9.17) is 11.6 Å². The van der Waals surface area contributed by atoms with Crippen molar-refractivity contribution >= 4 is 23.2 Å². The zero-order chi connectivity index (χ0) is 14.8. The highest BCUT2D eigenvalue weighted by atomic mass is 35.5. The van der Waals surface area contributed by atoms with E-state index in [2.05, 4.69) is 5.32 Å². The van der Waals surface area contributed by atoms with E-state index in [1.54, 1.807) is 0 Å². The van der Waals surface area contributed by atoms with Gasteiger partial charge in [-0.3, -0.25) is 9.69 Å². The number of aliphatic hydroxyl groups is 1. The van der Waals surface area contributed by atoms with E-state index >= 15 is 0 Å². The number of anilines is 1. The van der Waals surface area contributed by atoms with Crippen LogP contribution in [0.5, 0.6) is 0 Å². The van der Waals surface area contributed by atoms with Crippen LogP contribution in [0.4, 0.5) is 10.1 Å². The van der Waals surface area contributed by atoms with Crippen LogP contribution in [0, 0.1) is 5.82 Å². The molecule has 1 saturated heterocycles. The van der Waals surface area contributed by atoms with Crippen molar-refractivity contribution in [3.8, 4) is 0 Å². The maximum atomic E-state index is 13.0. The molecule has 0 aliphatic carbocycles. The highest BCUT2D eigenvalue weighted by Gasteiger charge is 2.40. The summed E-state index contributed by atoms with van der Waals surface area (Å²) in [5, 5.41) is 12.6. The molecule has 6 heteroatoms. The summed E-state index contributed by atoms with van der Waals surface area (Å²) in [6.45, 7) is 3.25. The normalized spacial score (nSPS) is 17.6. The summed E-state index contributed by atoms with van der Waals surface area (Å²) in [4.78, 5) is 13.7. The van der Waals surface area contributed by atoms with Crippen LogP contribution in [0.15, 0.2) is 18.2 Å². The zero-order valence-corrected chi connectivity index (χ0v) is 12.1. The van der Waals surface area contributed by atoms with Gasteiger partial charge < -0.3 is 10.4 Å². The monoisotopic (exact) mass is 300 g/mol. The molecular formula is C14H18ClFN2O2. The lowest BCUT2D eigenvalue weighted by atomic mass is 9.89. The maximum Gasteiger partial charge on any atom is 0.238 e. The van der Waals surface area contributed by atoms with E-state index in [-0.39, 0.29) is 17.5 Å². The number of halogens is 2. The Morgan fingerprint density at radius 2 is 2.25 bits per heavy atom. The topological polar surface area (TPSA) is 52.6 Å². The molecule has 0 spiro atoms. The molecule has 0 atom stereocenters. The van der Waals surface area contributed by atoms with Crippen LogP contribution in [0.3, 0.4) is 0 Å². The van der Waals surface area contributed by atoms with Gasteiger partial charge in [0.1, 0.15) is 5.82 Å². The molecule has 1 aliphatic heterocycles. The molecule has 1 aromatic carbocycles. The van der Waals surface area contributed by atoms with Gasteiger partial charge in [0.05, 0.1) is 17.2 Å². The summed E-state index contributed by atoms with van der Waals surface area (Å²) in [5.74, 6) is -0.719. The number of amides is 1. The van der Waals surface area contributed by atoms with Crippen LogP contribution in [-0.2, 0) is 4.79 Å². The molecule has 2 N–H and O–H groups in total. The van der Waals surface area contributed by atoms with Crippen molar-refractivity contribution < 1.29 is 14.3 Å². The first-order valence-electron chi connectivity index (χ1n) is 6.61. The molecule has 0 saturated carbocycles. The van der Waals surface area contributed by atoms with Gasteiger partial charge in [0.15, 0.2) is 0 Å². The van der Waals surface area contributed by atoms with E-state index in [0.29, 0.717) is 18.8 Å². The Hall–Kier alpha value is -1.17. The predicted molar refractivity (Wildman–Crippen MR) is 76.3 cm³/mol. The summed E-state index contributed by atoms with van der Waals surface area (Å²) in [5.41, 5.74) is -0.181. The number of carbonyl (C=O) groups excluding carboxylic acids is 1. The minimum absolute atomic E-state index is 0.0240. The molecule has 1 aromatic rings. The van der Waals surface area contributed by atoms with Gasteiger partial charge in [-0.25, -0.2) is 4.39 Å². The van der Waals surface area contributed by atoms with E-state index < -0.39 is 11.4 Å². The number of likely N-dealkylation sites (tertiary alicyclic amines) is 1. The second kappa shape index (κ2) is 6.08. The van der Waals surface area contributed by atoms with Crippen molar-refractivity contribution in [1.82, 2.24) is 4.90 Å². The number of nitrogens with one attached hydrogen (secondary N) is 1. The lowest BCUT2D eigenvalue weighted by Gasteiger charge is -2.46. The molecular weight excluding hydrogens is 283 g/mol. The van der Waals surface area contributed by atoms with Gasteiger partial charge in [0, 0.05) is 18.8 Å². The van der Waals surface area contributed by atoms with E-state index in [1.165, 1.54) is 18.2 Å². The summed E-state index contributed by atoms with van der Waals surface area (Å²) < 4.78 is 13.0. The van der Waals surface area contributed by atoms with E-state index in [9.17, 15) is 14.3 Å². The smallest absolute Gasteiger partial charge is 0.238 e. The van der Waals surface area contributed by atoms with Crippen molar-refractivity contribution in [2.75, 3.05) is 25.0 Å². The first kappa shape index (κ1) is 15.2. The molecule has 1 heterocycles. The molecule has 2 rings (SSSR count). The van der Waals surface area contributed by atoms with Crippen molar-refractivity contribution in [3.05, 3.63) is 29.0 Å². The van der Waals surface area contributed by atoms with E-state index in [0.717, 1.165) is 12.8 Å². The zero-order valence-electron chi connectivity index (χ0n) is 11.3. The summed E-state index contributed by atoms with van der Waals surface area (Å²) in [6.07, 6.45) is 1.67. The predicted octanol–water partition coefficient (Wildman–Crippen LogP) is 2.26. The molecule has 0 bridgehead atoms. The van der Waals surface area contributed by atoms with Crippen LogP contribution in [-0.4, -0.2) is 41.1 Å². The number of rotatable bonds is 5. The quantitative estimate of drug-likeness (QED) is 0.877. The van der Waals surface area contributed by atoms with Gasteiger partial charge >= 0.3 is 0 Å². The van der Waals surface area contributed by atoms with Crippen LogP contribution < -0.4 is 5.32 Å². The number of β-amino-alcohol motifs (C(OH)–C–C–N with tert-alkyl or cyclic N) is 1. The van der Waals surface area contributed by atoms with Crippen LogP contribution in [0.1, 0.15) is 19.8 Å². The number of hydrogen-bond donors (Lipinski definition) is 2. The SMILES string of the molecule is CCCC1(O)CN(CC(=O)Nc2ccc(F)c(Cl)c2)C1. The summed E-state index contributed by atoms with van der Waals surface area (Å²) in [7, 11) is 0. The number of benzene rings is 1. The average Bonchev–Trinajstić information content (AvgIpc) is 2.32. The third-order valence-electron chi connectivity index (χ3n) is 3.32. The summed E-state index contributed by atoms with van der Waals surface area (Å²) >= 11 is 5.64. The molecule has 0 aromatic heterocycles. The molecule has 1 aliphatic rings. The lowest BCUT2D eigenvalue weighted by Crippen LogP contribution is -2.62. The second-order valence-corrected chi connectivity index (χ2v) is 5.70. The Balaban J connectivity index is 1.81. The Morgan fingerprint density at radius 3 is 2.85 bits per heavy atom. The third-order valence-corrected chi connectivity index (χ3v) is 3.61. The van der Waals surface area contributed by atoms with Gasteiger partial charge in [0.2, 0.25) is 5.91 Å². The van der Waals surface area contributed by atoms with Gasteiger partial charge in [-0.05, 0) is 24.6 Å². The van der Waals surface area contributed by atoms with Crippen molar-refractivity contribution in [2.24, 2.45) is 0 Å². The highest BCUT2D eigenvalue weighted by Crippen LogP contribution is 2.25. The Bertz CT molecular complexity index is 504. The first-order valence-corrected chi connectivity index (χ1v) is 6.99. The minimum Gasteiger partial charge on any atom is -0.387 e. The standard InChI is InChI=1S/C14H18ClFN2O2/c1-2-5-14(20)8-18(9-14)7-13(19)17-10-3-4-12(16)11(15)6-10/h3-4,6,20H,2,5,7-9H2,1H3,(H,17,19). The molecule has 110 valence electrons. The molecule has 20 heavy (non-hydrogen) atoms. The maximum absolute atomic E-state index is 13.0. The Labute approximate surface area is 122 Å². The van der Waals surface area contributed by atoms with Crippen molar-refractivity contribution in [2.45, 2.75) is 25.4 Å². The molecule has 0 radical (unpaired) electrons. The molecule has 0 unspecified atom stereocenters. The van der Waals surface area contributed by atoms with E-state index in [1.807, 2.05) is 11.8 Å². The largest absolute Gasteiger partial charge is 0.387 e. The fraction of sp³-hybridized carbons (Fsp3) is 0.500. The Kier molecular flexibility index (Phi) is 4.62. The number of nitrogens with zero attached hydrogens (tertiary/aromatic N) is 1. The van der Waals surface area contributed by atoms with Crippen molar-refractivity contribution in [3.63, 3.8) is 0 Å². The number of hydrogen-bond acceptors (Lipinski definition) is 3. The average molecular weight is 301 g/mol. The second-order valence-electron chi connectivity index (χ2n) is 5.30. The van der Waals surface area contributed by atoms with Crippen molar-refractivity contribution in [1.29, 1.82) is 0 Å². The highest BCUT2D eigenvalue weighted by molar-refractivity contribution is 6.31. The van der Waals surface area contributed by atoms with Crippen LogP contribution in [0.25, 0.3) is 0 Å². The Morgan fingerprint density at radius 1 is 1.55 bits per heavy atom. The third kappa shape index (κ3) is 3.69. The van der Waals surface area contributed by atoms with Gasteiger partial charge in [-0.2, -0.15) is 0 Å². The van der Waals surface area contributed by atoms with Crippen LogP contribution in [0.2, 0.25) is 5.02 Å². The molecule has 1 fully saturated rings. The van der Waals surface area contributed by atoms with Gasteiger partial charge in [-0.15, -0.1) is 0 Å². The first-order chi connectivity index (χ1) is 9.42. The van der Waals surface area contributed by atoms with Gasteiger partial charge in [0.25, 0.3) is 0 Å². The summed E-state index contributed by atoms with van der Waals surface area (Å²) in [6, 6.07) is 4.04. The minimum atomic E-state index is -0.645. The lowest BCUT2D eigenvalue weighted by molar-refractivity contribution is -0.129.